The van der Waals surface area contributed by atoms with Crippen molar-refractivity contribution >= 4 is 28.3 Å². The van der Waals surface area contributed by atoms with Crippen molar-refractivity contribution in [2.24, 2.45) is 12.2 Å². The molecular weight excluding hydrogens is 296 g/mol. The van der Waals surface area contributed by atoms with Crippen molar-refractivity contribution in [2.75, 3.05) is 33.2 Å². The minimum atomic E-state index is -0.539. The molecule has 1 aliphatic rings. The number of nitrogens with zero attached hydrogens (tertiary/aromatic N) is 4. The lowest BCUT2D eigenvalue weighted by Gasteiger charge is -2.31. The molecule has 7 nitrogen and oxygen atoms in total. The van der Waals surface area contributed by atoms with Crippen LogP contribution >= 0.6 is 0 Å². The van der Waals surface area contributed by atoms with E-state index in [-0.39, 0.29) is 5.69 Å². The molecule has 1 aromatic heterocycles. The number of nitroso groups, excluding NO2 is 1. The SMILES string of the molecule is CN1CCN(C(=O)C(=O)c2cn(C)c3ccc(N=O)cc23)CC1. The minimum Gasteiger partial charge on any atom is -0.350 e. The molecule has 0 N–H and O–H groups in total. The summed E-state index contributed by atoms with van der Waals surface area (Å²) in [5, 5.41) is 3.48. The fourth-order valence-electron chi connectivity index (χ4n) is 2.89. The summed E-state index contributed by atoms with van der Waals surface area (Å²) >= 11 is 0. The van der Waals surface area contributed by atoms with Crippen LogP contribution in [0.1, 0.15) is 10.4 Å². The number of piperazine rings is 1. The summed E-state index contributed by atoms with van der Waals surface area (Å²) in [6, 6.07) is 4.86. The Kier molecular flexibility index (Phi) is 3.96. The molecule has 1 amide bonds. The van der Waals surface area contributed by atoms with Crippen LogP contribution in [0, 0.1) is 4.91 Å². The van der Waals surface area contributed by atoms with Crippen LogP contribution in [0.4, 0.5) is 5.69 Å². The van der Waals surface area contributed by atoms with Crippen LogP contribution in [0.15, 0.2) is 29.6 Å². The second-order valence-corrected chi connectivity index (χ2v) is 5.87. The van der Waals surface area contributed by atoms with Gasteiger partial charge in [-0.15, -0.1) is 4.91 Å². The number of hydrogen-bond acceptors (Lipinski definition) is 5. The van der Waals surface area contributed by atoms with Crippen LogP contribution in [-0.2, 0) is 11.8 Å². The molecule has 2 aromatic rings. The largest absolute Gasteiger partial charge is 0.350 e. The van der Waals surface area contributed by atoms with Crippen molar-refractivity contribution in [1.29, 1.82) is 0 Å². The second-order valence-electron chi connectivity index (χ2n) is 5.87. The monoisotopic (exact) mass is 314 g/mol. The fraction of sp³-hybridized carbons (Fsp3) is 0.375. The summed E-state index contributed by atoms with van der Waals surface area (Å²) in [6.07, 6.45) is 1.63. The molecule has 0 spiro atoms. The van der Waals surface area contributed by atoms with E-state index in [1.165, 1.54) is 0 Å². The van der Waals surface area contributed by atoms with Crippen molar-refractivity contribution in [3.8, 4) is 0 Å². The average molecular weight is 314 g/mol. The summed E-state index contributed by atoms with van der Waals surface area (Å²) in [4.78, 5) is 39.5. The number of carbonyl (C=O) groups is 2. The van der Waals surface area contributed by atoms with Crippen LogP contribution in [0.5, 0.6) is 0 Å². The van der Waals surface area contributed by atoms with Crippen LogP contribution in [0.25, 0.3) is 10.9 Å². The van der Waals surface area contributed by atoms with Gasteiger partial charge < -0.3 is 14.4 Å². The minimum absolute atomic E-state index is 0.241. The highest BCUT2D eigenvalue weighted by molar-refractivity contribution is 6.45. The van der Waals surface area contributed by atoms with Gasteiger partial charge in [0, 0.05) is 50.3 Å². The van der Waals surface area contributed by atoms with Gasteiger partial charge in [0.2, 0.25) is 0 Å². The zero-order chi connectivity index (χ0) is 16.6. The molecule has 0 radical (unpaired) electrons. The first-order chi connectivity index (χ1) is 11.0. The Labute approximate surface area is 133 Å². The number of benzene rings is 1. The van der Waals surface area contributed by atoms with Gasteiger partial charge in [0.1, 0.15) is 5.69 Å². The first-order valence-corrected chi connectivity index (χ1v) is 7.46. The Bertz CT molecular complexity index is 788. The molecule has 1 fully saturated rings. The number of ketones is 1. The highest BCUT2D eigenvalue weighted by Gasteiger charge is 2.28. The maximum absolute atomic E-state index is 12.6. The van der Waals surface area contributed by atoms with E-state index >= 15 is 0 Å². The summed E-state index contributed by atoms with van der Waals surface area (Å²) < 4.78 is 1.77. The van der Waals surface area contributed by atoms with Gasteiger partial charge in [-0.05, 0) is 30.4 Å². The van der Waals surface area contributed by atoms with E-state index in [9.17, 15) is 14.5 Å². The Morgan fingerprint density at radius 3 is 2.43 bits per heavy atom. The lowest BCUT2D eigenvalue weighted by atomic mass is 10.1. The zero-order valence-corrected chi connectivity index (χ0v) is 13.2. The number of aromatic nitrogens is 1. The van der Waals surface area contributed by atoms with Crippen molar-refractivity contribution in [3.05, 3.63) is 34.9 Å². The number of amides is 1. The van der Waals surface area contributed by atoms with Crippen molar-refractivity contribution in [2.45, 2.75) is 0 Å². The van der Waals surface area contributed by atoms with Crippen LogP contribution in [-0.4, -0.2) is 59.3 Å². The van der Waals surface area contributed by atoms with E-state index in [4.69, 9.17) is 0 Å². The Hall–Kier alpha value is -2.54. The van der Waals surface area contributed by atoms with Gasteiger partial charge in [0.25, 0.3) is 11.7 Å². The fourth-order valence-corrected chi connectivity index (χ4v) is 2.89. The molecule has 3 rings (SSSR count). The van der Waals surface area contributed by atoms with Gasteiger partial charge in [-0.2, -0.15) is 0 Å². The molecule has 1 aromatic carbocycles. The average Bonchev–Trinajstić information content (AvgIpc) is 2.90. The predicted octanol–water partition coefficient (Wildman–Crippen LogP) is 1.53. The van der Waals surface area contributed by atoms with E-state index in [0.717, 1.165) is 18.6 Å². The quantitative estimate of drug-likeness (QED) is 0.489. The molecule has 0 aliphatic carbocycles. The van der Waals surface area contributed by atoms with E-state index in [1.54, 1.807) is 40.9 Å². The standard InChI is InChI=1S/C16H18N4O3/c1-18-5-7-20(8-6-18)16(22)15(21)13-10-19(2)14-4-3-11(17-23)9-12(13)14/h3-4,9-10H,5-8H2,1-2H3. The van der Waals surface area contributed by atoms with Crippen LogP contribution < -0.4 is 0 Å². The molecule has 120 valence electrons. The number of rotatable bonds is 3. The lowest BCUT2D eigenvalue weighted by Crippen LogP contribution is -2.49. The van der Waals surface area contributed by atoms with Crippen LogP contribution in [0.2, 0.25) is 0 Å². The molecule has 2 heterocycles. The van der Waals surface area contributed by atoms with Crippen LogP contribution in [0.3, 0.4) is 0 Å². The Morgan fingerprint density at radius 1 is 1.09 bits per heavy atom. The smallest absolute Gasteiger partial charge is 0.295 e. The lowest BCUT2D eigenvalue weighted by molar-refractivity contribution is -0.127. The second kappa shape index (κ2) is 5.92. The number of carbonyl (C=O) groups excluding carboxylic acids is 2. The molecule has 0 saturated carbocycles. The molecular formula is C16H18N4O3. The number of Topliss-reactive ketones (excluding diaryl/α,β-unsaturated/α-hetero) is 1. The highest BCUT2D eigenvalue weighted by Crippen LogP contribution is 2.26. The molecule has 1 saturated heterocycles. The number of fused-ring (bicyclic) bond motifs is 1. The van der Waals surface area contributed by atoms with Gasteiger partial charge in [0.15, 0.2) is 0 Å². The number of hydrogen-bond donors (Lipinski definition) is 0. The summed E-state index contributed by atoms with van der Waals surface area (Å²) in [5.41, 5.74) is 1.34. The Morgan fingerprint density at radius 2 is 1.78 bits per heavy atom. The molecule has 7 heteroatoms. The first kappa shape index (κ1) is 15.4. The summed E-state index contributed by atoms with van der Waals surface area (Å²) in [5.74, 6) is -1.03. The van der Waals surface area contributed by atoms with Gasteiger partial charge in [-0.1, -0.05) is 0 Å². The Balaban J connectivity index is 1.94. The van der Waals surface area contributed by atoms with Gasteiger partial charge in [-0.25, -0.2) is 0 Å². The van der Waals surface area contributed by atoms with Gasteiger partial charge in [-0.3, -0.25) is 9.59 Å². The first-order valence-electron chi connectivity index (χ1n) is 7.46. The van der Waals surface area contributed by atoms with Crippen molar-refractivity contribution < 1.29 is 9.59 Å². The highest BCUT2D eigenvalue weighted by atomic mass is 16.3. The maximum atomic E-state index is 12.6. The predicted molar refractivity (Wildman–Crippen MR) is 86.8 cm³/mol. The number of aryl methyl sites for hydroxylation is 1. The topological polar surface area (TPSA) is 75.0 Å². The van der Waals surface area contributed by atoms with E-state index in [1.807, 2.05) is 7.05 Å². The third kappa shape index (κ3) is 2.75. The van der Waals surface area contributed by atoms with E-state index in [2.05, 4.69) is 10.1 Å². The van der Waals surface area contributed by atoms with Gasteiger partial charge in [0.05, 0.1) is 5.56 Å². The van der Waals surface area contributed by atoms with Crippen molar-refractivity contribution in [3.63, 3.8) is 0 Å². The molecule has 0 bridgehead atoms. The molecule has 0 unspecified atom stereocenters. The van der Waals surface area contributed by atoms with Crippen molar-refractivity contribution in [1.82, 2.24) is 14.4 Å². The third-order valence-corrected chi connectivity index (χ3v) is 4.31. The number of likely N-dealkylation sites (N-methyl/N-ethyl adjacent to an activating group) is 1. The summed E-state index contributed by atoms with van der Waals surface area (Å²) in [6.45, 7) is 2.61. The molecule has 1 aliphatic heterocycles. The normalized spacial score (nSPS) is 15.8. The summed E-state index contributed by atoms with van der Waals surface area (Å²) in [7, 11) is 3.79. The van der Waals surface area contributed by atoms with E-state index in [0.29, 0.717) is 24.0 Å². The van der Waals surface area contributed by atoms with Gasteiger partial charge >= 0.3 is 0 Å². The molecule has 0 atom stereocenters. The zero-order valence-electron chi connectivity index (χ0n) is 13.2. The maximum Gasteiger partial charge on any atom is 0.295 e. The van der Waals surface area contributed by atoms with E-state index < -0.39 is 11.7 Å². The third-order valence-electron chi connectivity index (χ3n) is 4.31. The molecule has 23 heavy (non-hydrogen) atoms.